The minimum atomic E-state index is -4.43. The quantitative estimate of drug-likeness (QED) is 0.620. The highest BCUT2D eigenvalue weighted by Crippen LogP contribution is 2.39. The second kappa shape index (κ2) is 9.17. The SMILES string of the molecule is O=C(CN1CCc2nc(-c3cc(C(F)(F)F)ccc3Cl)sc2C1)N1CCN(C2CCC2)CC1. The molecule has 0 bridgehead atoms. The van der Waals surface area contributed by atoms with Gasteiger partial charge in [0.15, 0.2) is 0 Å². The number of carbonyl (C=O) groups is 1. The molecule has 1 amide bonds. The fourth-order valence-corrected chi connectivity index (χ4v) is 6.19. The molecular formula is C23H26ClF3N4OS. The molecule has 3 heterocycles. The Hall–Kier alpha value is -1.68. The number of hydrogen-bond acceptors (Lipinski definition) is 5. The van der Waals surface area contributed by atoms with E-state index in [9.17, 15) is 18.0 Å². The lowest BCUT2D eigenvalue weighted by Crippen LogP contribution is -2.55. The molecular weight excluding hydrogens is 473 g/mol. The van der Waals surface area contributed by atoms with Crippen LogP contribution in [-0.4, -0.2) is 70.9 Å². The summed E-state index contributed by atoms with van der Waals surface area (Å²) in [4.78, 5) is 25.0. The Labute approximate surface area is 200 Å². The Morgan fingerprint density at radius 3 is 2.58 bits per heavy atom. The summed E-state index contributed by atoms with van der Waals surface area (Å²) in [5.41, 5.74) is 0.457. The predicted molar refractivity (Wildman–Crippen MR) is 122 cm³/mol. The number of alkyl halides is 3. The van der Waals surface area contributed by atoms with E-state index in [1.165, 1.54) is 36.7 Å². The van der Waals surface area contributed by atoms with Crippen molar-refractivity contribution in [1.82, 2.24) is 19.7 Å². The van der Waals surface area contributed by atoms with Gasteiger partial charge in [-0.3, -0.25) is 14.6 Å². The molecule has 5 nitrogen and oxygen atoms in total. The highest BCUT2D eigenvalue weighted by Gasteiger charge is 2.33. The molecule has 10 heteroatoms. The van der Waals surface area contributed by atoms with Crippen molar-refractivity contribution in [3.05, 3.63) is 39.4 Å². The number of rotatable bonds is 4. The number of nitrogens with zero attached hydrogens (tertiary/aromatic N) is 4. The molecule has 33 heavy (non-hydrogen) atoms. The van der Waals surface area contributed by atoms with Gasteiger partial charge >= 0.3 is 6.18 Å². The molecule has 3 aliphatic rings. The number of carbonyl (C=O) groups excluding carboxylic acids is 1. The summed E-state index contributed by atoms with van der Waals surface area (Å²) in [7, 11) is 0. The third kappa shape index (κ3) is 4.92. The van der Waals surface area contributed by atoms with Gasteiger partial charge in [-0.15, -0.1) is 11.3 Å². The van der Waals surface area contributed by atoms with Gasteiger partial charge in [-0.1, -0.05) is 18.0 Å². The Morgan fingerprint density at radius 2 is 1.91 bits per heavy atom. The Bertz CT molecular complexity index is 1030. The number of halogens is 4. The van der Waals surface area contributed by atoms with Crippen molar-refractivity contribution in [2.45, 2.75) is 44.4 Å². The summed E-state index contributed by atoms with van der Waals surface area (Å²) in [5, 5.41) is 0.749. The maximum atomic E-state index is 13.1. The molecule has 1 aliphatic carbocycles. The molecule has 0 atom stereocenters. The zero-order valence-electron chi connectivity index (χ0n) is 18.2. The van der Waals surface area contributed by atoms with Gasteiger partial charge in [-0.25, -0.2) is 4.98 Å². The highest BCUT2D eigenvalue weighted by atomic mass is 35.5. The van der Waals surface area contributed by atoms with Gasteiger partial charge < -0.3 is 4.90 Å². The van der Waals surface area contributed by atoms with Crippen LogP contribution in [0.2, 0.25) is 5.02 Å². The van der Waals surface area contributed by atoms with Gasteiger partial charge in [0.05, 0.1) is 22.8 Å². The normalized spacial score (nSPS) is 20.5. The van der Waals surface area contributed by atoms with Crippen molar-refractivity contribution in [2.75, 3.05) is 39.3 Å². The molecule has 1 saturated carbocycles. The van der Waals surface area contributed by atoms with Crippen molar-refractivity contribution in [1.29, 1.82) is 0 Å². The first-order chi connectivity index (χ1) is 15.8. The Morgan fingerprint density at radius 1 is 1.15 bits per heavy atom. The Kier molecular flexibility index (Phi) is 6.41. The molecule has 1 aromatic carbocycles. The monoisotopic (exact) mass is 498 g/mol. The average molecular weight is 499 g/mol. The Balaban J connectivity index is 1.22. The fourth-order valence-electron chi connectivity index (χ4n) is 4.74. The zero-order chi connectivity index (χ0) is 23.2. The number of thiazole rings is 1. The van der Waals surface area contributed by atoms with Crippen molar-refractivity contribution in [2.24, 2.45) is 0 Å². The van der Waals surface area contributed by atoms with Gasteiger partial charge in [-0.2, -0.15) is 13.2 Å². The second-order valence-electron chi connectivity index (χ2n) is 9.04. The van der Waals surface area contributed by atoms with Crippen molar-refractivity contribution in [3.8, 4) is 10.6 Å². The molecule has 2 aromatic rings. The van der Waals surface area contributed by atoms with E-state index in [0.29, 0.717) is 42.7 Å². The smallest absolute Gasteiger partial charge is 0.339 e. The molecule has 0 spiro atoms. The van der Waals surface area contributed by atoms with E-state index in [0.717, 1.165) is 48.9 Å². The third-order valence-electron chi connectivity index (χ3n) is 6.95. The van der Waals surface area contributed by atoms with E-state index >= 15 is 0 Å². The van der Waals surface area contributed by atoms with Crippen LogP contribution in [0, 0.1) is 0 Å². The van der Waals surface area contributed by atoms with Gasteiger partial charge in [-0.05, 0) is 31.0 Å². The summed E-state index contributed by atoms with van der Waals surface area (Å²) >= 11 is 7.57. The first-order valence-electron chi connectivity index (χ1n) is 11.4. The average Bonchev–Trinajstić information content (AvgIpc) is 3.15. The summed E-state index contributed by atoms with van der Waals surface area (Å²) in [5.74, 6) is 0.150. The summed E-state index contributed by atoms with van der Waals surface area (Å²) < 4.78 is 39.4. The molecule has 0 radical (unpaired) electrons. The van der Waals surface area contributed by atoms with Crippen LogP contribution >= 0.6 is 22.9 Å². The van der Waals surface area contributed by atoms with Crippen LogP contribution in [0.3, 0.4) is 0 Å². The van der Waals surface area contributed by atoms with E-state index < -0.39 is 11.7 Å². The number of benzene rings is 1. The lowest BCUT2D eigenvalue weighted by atomic mass is 9.91. The largest absolute Gasteiger partial charge is 0.416 e. The molecule has 0 unspecified atom stereocenters. The third-order valence-corrected chi connectivity index (χ3v) is 8.40. The van der Waals surface area contributed by atoms with Crippen LogP contribution in [0.1, 0.15) is 35.4 Å². The van der Waals surface area contributed by atoms with Gasteiger partial charge in [0.25, 0.3) is 0 Å². The van der Waals surface area contributed by atoms with E-state index in [-0.39, 0.29) is 10.9 Å². The van der Waals surface area contributed by atoms with E-state index in [2.05, 4.69) is 14.8 Å². The fraction of sp³-hybridized carbons (Fsp3) is 0.565. The van der Waals surface area contributed by atoms with Gasteiger partial charge in [0.1, 0.15) is 5.01 Å². The molecule has 2 aliphatic heterocycles. The maximum absolute atomic E-state index is 13.1. The molecule has 2 fully saturated rings. The number of hydrogen-bond donors (Lipinski definition) is 0. The van der Waals surface area contributed by atoms with Crippen LogP contribution in [0.15, 0.2) is 18.2 Å². The second-order valence-corrected chi connectivity index (χ2v) is 10.5. The van der Waals surface area contributed by atoms with Crippen molar-refractivity contribution >= 4 is 28.8 Å². The minimum Gasteiger partial charge on any atom is -0.339 e. The molecule has 0 N–H and O–H groups in total. The first kappa shape index (κ1) is 23.1. The standard InChI is InChI=1S/C23H26ClF3N4OS/c24-18-5-4-15(23(25,26)27)12-17(18)22-28-19-6-7-29(13-20(19)33-22)14-21(32)31-10-8-30(9-11-31)16-2-1-3-16/h4-5,12,16H,1-3,6-11,13-14H2. The number of amides is 1. The van der Waals surface area contributed by atoms with Gasteiger partial charge in [0, 0.05) is 62.2 Å². The van der Waals surface area contributed by atoms with Crippen LogP contribution in [0.5, 0.6) is 0 Å². The first-order valence-corrected chi connectivity index (χ1v) is 12.6. The van der Waals surface area contributed by atoms with Crippen molar-refractivity contribution < 1.29 is 18.0 Å². The van der Waals surface area contributed by atoms with E-state index in [1.807, 2.05) is 4.90 Å². The van der Waals surface area contributed by atoms with Crippen LogP contribution in [-0.2, 0) is 23.9 Å². The number of piperazine rings is 1. The summed E-state index contributed by atoms with van der Waals surface area (Å²) in [6.45, 7) is 5.13. The van der Waals surface area contributed by atoms with Crippen LogP contribution < -0.4 is 0 Å². The summed E-state index contributed by atoms with van der Waals surface area (Å²) in [6, 6.07) is 4.04. The van der Waals surface area contributed by atoms with E-state index in [1.54, 1.807) is 0 Å². The van der Waals surface area contributed by atoms with Crippen LogP contribution in [0.25, 0.3) is 10.6 Å². The lowest BCUT2D eigenvalue weighted by molar-refractivity contribution is -0.137. The van der Waals surface area contributed by atoms with E-state index in [4.69, 9.17) is 11.6 Å². The maximum Gasteiger partial charge on any atom is 0.416 e. The number of fused-ring (bicyclic) bond motifs is 1. The van der Waals surface area contributed by atoms with Gasteiger partial charge in [0.2, 0.25) is 5.91 Å². The molecule has 1 aromatic heterocycles. The predicted octanol–water partition coefficient (Wildman–Crippen LogP) is 4.54. The van der Waals surface area contributed by atoms with Crippen LogP contribution in [0.4, 0.5) is 13.2 Å². The topological polar surface area (TPSA) is 39.7 Å². The molecule has 178 valence electrons. The lowest BCUT2D eigenvalue weighted by Gasteiger charge is -2.43. The highest BCUT2D eigenvalue weighted by molar-refractivity contribution is 7.15. The molecule has 5 rings (SSSR count). The molecule has 1 saturated heterocycles. The zero-order valence-corrected chi connectivity index (χ0v) is 19.8. The summed E-state index contributed by atoms with van der Waals surface area (Å²) in [6.07, 6.45) is 0.126. The number of aromatic nitrogens is 1. The van der Waals surface area contributed by atoms with Crippen molar-refractivity contribution in [3.63, 3.8) is 0 Å². The minimum absolute atomic E-state index is 0.150.